The van der Waals surface area contributed by atoms with Gasteiger partial charge in [0.15, 0.2) is 0 Å². The van der Waals surface area contributed by atoms with Crippen molar-refractivity contribution < 1.29 is 20.8 Å². The van der Waals surface area contributed by atoms with Crippen molar-refractivity contribution in [1.29, 1.82) is 0 Å². The Hall–Kier alpha value is -2.22. The summed E-state index contributed by atoms with van der Waals surface area (Å²) in [6.07, 6.45) is 13.6. The number of benzene rings is 4. The van der Waals surface area contributed by atoms with Crippen LogP contribution in [0.5, 0.6) is 0 Å². The molecule has 0 heterocycles. The van der Waals surface area contributed by atoms with Crippen LogP contribution in [0.3, 0.4) is 0 Å². The number of hydrogen-bond acceptors (Lipinski definition) is 0. The zero-order valence-corrected chi connectivity index (χ0v) is 42.2. The summed E-state index contributed by atoms with van der Waals surface area (Å²) in [7, 11) is 11.0. The van der Waals surface area contributed by atoms with Gasteiger partial charge in [-0.2, -0.15) is 12.1 Å². The molecule has 0 aliphatic heterocycles. The summed E-state index contributed by atoms with van der Waals surface area (Å²) in [5, 5.41) is 5.62. The molecule has 0 atom stereocenters. The first kappa shape index (κ1) is 46.8. The Kier molecular flexibility index (Phi) is 16.6. The Bertz CT molecular complexity index is 2010. The third kappa shape index (κ3) is 12.4. The molecule has 2 fully saturated rings. The average molecular weight is 907 g/mol. The van der Waals surface area contributed by atoms with E-state index in [0.29, 0.717) is 10.8 Å². The Morgan fingerprint density at radius 1 is 0.569 bits per heavy atom. The van der Waals surface area contributed by atoms with Crippen LogP contribution >= 0.6 is 17.0 Å². The third-order valence-electron chi connectivity index (χ3n) is 12.4. The van der Waals surface area contributed by atoms with Crippen molar-refractivity contribution in [3.63, 3.8) is 0 Å². The fourth-order valence-electron chi connectivity index (χ4n) is 8.91. The molecule has 0 unspecified atom stereocenters. The zero-order valence-electron chi connectivity index (χ0n) is 37.2. The van der Waals surface area contributed by atoms with Crippen molar-refractivity contribution in [3.8, 4) is 22.3 Å². The van der Waals surface area contributed by atoms with Crippen molar-refractivity contribution in [2.24, 2.45) is 10.8 Å². The van der Waals surface area contributed by atoms with Gasteiger partial charge in [0.25, 0.3) is 0 Å². The van der Waals surface area contributed by atoms with E-state index in [-0.39, 0.29) is 10.8 Å². The maximum atomic E-state index is 4.93. The summed E-state index contributed by atoms with van der Waals surface area (Å²) in [4.78, 5) is 0. The summed E-state index contributed by atoms with van der Waals surface area (Å²) < 4.78 is 0. The van der Waals surface area contributed by atoms with Crippen molar-refractivity contribution >= 4 is 48.1 Å². The summed E-state index contributed by atoms with van der Waals surface area (Å²) >= 11 is -0.826. The van der Waals surface area contributed by atoms with Crippen molar-refractivity contribution in [3.05, 3.63) is 131 Å². The molecule has 58 heavy (non-hydrogen) atoms. The Morgan fingerprint density at radius 3 is 1.17 bits per heavy atom. The molecule has 0 bridgehead atoms. The van der Waals surface area contributed by atoms with Gasteiger partial charge in [-0.1, -0.05) is 153 Å². The van der Waals surface area contributed by atoms with Gasteiger partial charge in [0.05, 0.1) is 0 Å². The molecule has 2 radical (unpaired) electrons. The van der Waals surface area contributed by atoms with E-state index in [0.717, 1.165) is 9.52 Å². The van der Waals surface area contributed by atoms with Crippen LogP contribution in [0, 0.1) is 10.8 Å². The normalized spacial score (nSPS) is 15.0. The van der Waals surface area contributed by atoms with E-state index in [1.807, 2.05) is 0 Å². The first-order chi connectivity index (χ1) is 27.6. The quantitative estimate of drug-likeness (QED) is 0.0949. The first-order valence-electron chi connectivity index (χ1n) is 21.8. The molecule has 0 N–H and O–H groups in total. The predicted octanol–water partition coefficient (Wildman–Crippen LogP) is 17.5. The van der Waals surface area contributed by atoms with Crippen LogP contribution in [0.25, 0.3) is 43.8 Å². The Balaban J connectivity index is 0.000000195. The van der Waals surface area contributed by atoms with Gasteiger partial charge in [0.2, 0.25) is 0 Å². The first-order valence-corrected chi connectivity index (χ1v) is 30.1. The topological polar surface area (TPSA) is 0 Å². The van der Waals surface area contributed by atoms with Gasteiger partial charge >= 0.3 is 37.9 Å². The van der Waals surface area contributed by atoms with Gasteiger partial charge in [-0.15, -0.1) is 69.1 Å². The molecule has 0 saturated heterocycles. The van der Waals surface area contributed by atoms with Crippen LogP contribution in [0.2, 0.25) is 13.1 Å². The van der Waals surface area contributed by atoms with Crippen LogP contribution in [0.4, 0.5) is 0 Å². The Morgan fingerprint density at radius 2 is 0.897 bits per heavy atom. The molecule has 8 rings (SSSR count). The fraction of sp³-hybridized carbons (Fsp3) is 0.444. The number of halogens is 2. The molecule has 2 saturated carbocycles. The summed E-state index contributed by atoms with van der Waals surface area (Å²) in [5.74, 6) is 0. The molecule has 306 valence electrons. The van der Waals surface area contributed by atoms with Crippen LogP contribution in [0.15, 0.2) is 109 Å². The van der Waals surface area contributed by atoms with Crippen LogP contribution < -0.4 is 0 Å². The molecule has 2 aliphatic rings. The van der Waals surface area contributed by atoms with E-state index in [1.54, 1.807) is 0 Å². The molecule has 2 aliphatic carbocycles. The standard InChI is InChI=1S/2C26H31.C2H6Si.2ClH.Zr/c2*1-5-13-26(14-15-26)18-19-16-21-7-6-8-23(24(21)17-19)20-9-11-22(12-10-20)25(2,3)4;1-3-2;;;/h2*6-12,16-17H,5,13-15,18H2,1-4H3;1-2H3;2*1H;/q2*-1;;;;+4/p-2. The second-order valence-electron chi connectivity index (χ2n) is 19.4. The number of fused-ring (bicyclic) bond motifs is 2. The van der Waals surface area contributed by atoms with E-state index >= 15 is 0 Å². The number of hydrogen-bond donors (Lipinski definition) is 0. The van der Waals surface area contributed by atoms with Crippen molar-refractivity contribution in [1.82, 2.24) is 0 Å². The van der Waals surface area contributed by atoms with Gasteiger partial charge in [0.1, 0.15) is 0 Å². The summed E-state index contributed by atoms with van der Waals surface area (Å²) in [6, 6.07) is 41.6. The van der Waals surface area contributed by atoms with E-state index in [1.165, 1.54) is 130 Å². The summed E-state index contributed by atoms with van der Waals surface area (Å²) in [6.45, 7) is 22.6. The molecule has 0 aromatic heterocycles. The number of rotatable bonds is 10. The van der Waals surface area contributed by atoms with E-state index < -0.39 is 20.8 Å². The summed E-state index contributed by atoms with van der Waals surface area (Å²) in [5.41, 5.74) is 12.9. The molecule has 0 spiro atoms. The average Bonchev–Trinajstić information content (AvgIpc) is 4.02. The van der Waals surface area contributed by atoms with Gasteiger partial charge in [-0.05, 0) is 95.3 Å². The molecule has 4 heteroatoms. The molecular weight excluding hydrogens is 839 g/mol. The minimum atomic E-state index is -0.826. The third-order valence-corrected chi connectivity index (χ3v) is 12.4. The van der Waals surface area contributed by atoms with Crippen molar-refractivity contribution in [2.45, 2.75) is 144 Å². The van der Waals surface area contributed by atoms with E-state index in [4.69, 9.17) is 17.0 Å². The molecule has 0 amide bonds. The van der Waals surface area contributed by atoms with Crippen LogP contribution in [0.1, 0.15) is 129 Å². The van der Waals surface area contributed by atoms with Crippen LogP contribution in [-0.2, 0) is 44.5 Å². The van der Waals surface area contributed by atoms with Gasteiger partial charge in [0, 0.05) is 9.52 Å². The molecule has 6 aromatic rings. The second-order valence-corrected chi connectivity index (χ2v) is 24.2. The molecular formula is C54H68Cl2SiZr. The van der Waals surface area contributed by atoms with Gasteiger partial charge in [-0.3, -0.25) is 0 Å². The fourth-order valence-corrected chi connectivity index (χ4v) is 8.91. The van der Waals surface area contributed by atoms with E-state index in [9.17, 15) is 0 Å². The molecule has 6 aromatic carbocycles. The maximum absolute atomic E-state index is 4.93. The monoisotopic (exact) mass is 904 g/mol. The van der Waals surface area contributed by atoms with Gasteiger partial charge in [-0.25, -0.2) is 0 Å². The SMILES string of the molecule is CCCC1(Cc2cc3c(-c4ccc(C(C)(C)C)cc4)cccc3[cH-]2)CC1.CCCC1(Cc2cc3c(-c4ccc(C(C)(C)C)cc4)cccc3[cH-]2)CC1.C[Si]C.[Cl][Zr+2][Cl]. The zero-order chi connectivity index (χ0) is 42.1. The molecule has 0 nitrogen and oxygen atoms in total. The van der Waals surface area contributed by atoms with Gasteiger partial charge < -0.3 is 0 Å². The second kappa shape index (κ2) is 20.6. The Labute approximate surface area is 374 Å². The van der Waals surface area contributed by atoms with E-state index in [2.05, 4.69) is 178 Å². The predicted molar refractivity (Wildman–Crippen MR) is 257 cm³/mol. The minimum absolute atomic E-state index is 0.204. The van der Waals surface area contributed by atoms with Crippen molar-refractivity contribution in [2.75, 3.05) is 0 Å². The van der Waals surface area contributed by atoms with Crippen LogP contribution in [-0.4, -0.2) is 9.52 Å².